The van der Waals surface area contributed by atoms with Gasteiger partial charge in [0.25, 0.3) is 0 Å². The summed E-state index contributed by atoms with van der Waals surface area (Å²) >= 11 is 0. The number of hydrogen-bond acceptors (Lipinski definition) is 3. The molecule has 2 aromatic rings. The molecule has 1 heterocycles. The van der Waals surface area contributed by atoms with Gasteiger partial charge in [0, 0.05) is 24.7 Å². The van der Waals surface area contributed by atoms with Crippen molar-refractivity contribution in [3.8, 4) is 0 Å². The van der Waals surface area contributed by atoms with Crippen molar-refractivity contribution >= 4 is 17.7 Å². The Balaban J connectivity index is 1.85. The van der Waals surface area contributed by atoms with Crippen LogP contribution >= 0.6 is 0 Å². The fourth-order valence-electron chi connectivity index (χ4n) is 3.10. The first-order valence-corrected chi connectivity index (χ1v) is 8.55. The lowest BCUT2D eigenvalue weighted by Crippen LogP contribution is -2.27. The number of carbonyl (C=O) groups excluding carboxylic acids is 2. The molecule has 2 amide bonds. The molecule has 0 aromatic heterocycles. The molecule has 3 rings (SSSR count). The molecule has 1 saturated heterocycles. The molecular weight excluding hydrogens is 316 g/mol. The van der Waals surface area contributed by atoms with Gasteiger partial charge in [-0.3, -0.25) is 9.69 Å². The molecule has 5 nitrogen and oxygen atoms in total. The molecule has 0 radical (unpaired) electrons. The summed E-state index contributed by atoms with van der Waals surface area (Å²) in [6, 6.07) is 17.7. The summed E-state index contributed by atoms with van der Waals surface area (Å²) in [7, 11) is 0. The quantitative estimate of drug-likeness (QED) is 0.822. The van der Waals surface area contributed by atoms with E-state index in [9.17, 15) is 9.59 Å². The van der Waals surface area contributed by atoms with E-state index in [1.165, 1.54) is 0 Å². The lowest BCUT2D eigenvalue weighted by atomic mass is 9.88. The molecule has 1 aliphatic rings. The number of anilines is 1. The van der Waals surface area contributed by atoms with Gasteiger partial charge in [-0.1, -0.05) is 42.5 Å². The van der Waals surface area contributed by atoms with Gasteiger partial charge in [-0.05, 0) is 30.2 Å². The fourth-order valence-corrected chi connectivity index (χ4v) is 3.10. The van der Waals surface area contributed by atoms with Crippen LogP contribution in [0.15, 0.2) is 54.6 Å². The molecule has 2 aromatic carbocycles. The first-order chi connectivity index (χ1) is 12.2. The third-order valence-electron chi connectivity index (χ3n) is 4.34. The zero-order chi connectivity index (χ0) is 17.6. The largest absolute Gasteiger partial charge is 0.466 e. The van der Waals surface area contributed by atoms with Crippen LogP contribution in [0.5, 0.6) is 0 Å². The van der Waals surface area contributed by atoms with Crippen LogP contribution in [0.25, 0.3) is 0 Å². The fraction of sp³-hybridized carbons (Fsp3) is 0.300. The van der Waals surface area contributed by atoms with Crippen LogP contribution in [0.4, 0.5) is 10.5 Å². The third kappa shape index (κ3) is 3.99. The van der Waals surface area contributed by atoms with Crippen LogP contribution in [-0.4, -0.2) is 31.7 Å². The summed E-state index contributed by atoms with van der Waals surface area (Å²) in [6.45, 7) is 3.52. The molecule has 0 saturated carbocycles. The number of urea groups is 1. The molecule has 1 fully saturated rings. The van der Waals surface area contributed by atoms with E-state index in [-0.39, 0.29) is 17.9 Å². The maximum atomic E-state index is 12.0. The number of esters is 1. The Morgan fingerprint density at radius 1 is 1.12 bits per heavy atom. The van der Waals surface area contributed by atoms with Gasteiger partial charge in [0.15, 0.2) is 0 Å². The van der Waals surface area contributed by atoms with E-state index < -0.39 is 0 Å². The Hall–Kier alpha value is -2.82. The summed E-state index contributed by atoms with van der Waals surface area (Å²) in [6.07, 6.45) is 0.293. The zero-order valence-electron chi connectivity index (χ0n) is 14.3. The first kappa shape index (κ1) is 17.0. The van der Waals surface area contributed by atoms with Crippen LogP contribution in [0, 0.1) is 0 Å². The number of hydrogen-bond donors (Lipinski definition) is 1. The molecule has 0 spiro atoms. The first-order valence-electron chi connectivity index (χ1n) is 8.55. The minimum Gasteiger partial charge on any atom is -0.466 e. The van der Waals surface area contributed by atoms with Crippen molar-refractivity contribution in [1.82, 2.24) is 5.32 Å². The number of nitrogens with zero attached hydrogens (tertiary/aromatic N) is 1. The van der Waals surface area contributed by atoms with Gasteiger partial charge in [0.05, 0.1) is 13.0 Å². The minimum atomic E-state index is -0.209. The van der Waals surface area contributed by atoms with Crippen LogP contribution in [-0.2, 0) is 9.53 Å². The standard InChI is InChI=1S/C20H22N2O3/c1-2-25-19(23)14-18(15-6-4-3-5-7-15)16-8-10-17(11-9-16)22-13-12-21-20(22)24/h3-11,18H,2,12-14H2,1H3,(H,21,24). The van der Waals surface area contributed by atoms with Crippen LogP contribution in [0.2, 0.25) is 0 Å². The molecule has 130 valence electrons. The highest BCUT2D eigenvalue weighted by atomic mass is 16.5. The summed E-state index contributed by atoms with van der Waals surface area (Å²) in [5.41, 5.74) is 2.96. The Bertz CT molecular complexity index is 728. The van der Waals surface area contributed by atoms with Gasteiger partial charge < -0.3 is 10.1 Å². The molecule has 1 atom stereocenters. The van der Waals surface area contributed by atoms with Gasteiger partial charge in [-0.25, -0.2) is 4.79 Å². The van der Waals surface area contributed by atoms with E-state index >= 15 is 0 Å². The normalized spacial score (nSPS) is 14.9. The number of carbonyl (C=O) groups is 2. The van der Waals surface area contributed by atoms with Crippen molar-refractivity contribution in [1.29, 1.82) is 0 Å². The second kappa shape index (κ2) is 7.83. The van der Waals surface area contributed by atoms with Crippen molar-refractivity contribution in [2.45, 2.75) is 19.3 Å². The van der Waals surface area contributed by atoms with Gasteiger partial charge >= 0.3 is 12.0 Å². The second-order valence-electron chi connectivity index (χ2n) is 5.95. The highest BCUT2D eigenvalue weighted by Crippen LogP contribution is 2.30. The molecule has 1 aliphatic heterocycles. The van der Waals surface area contributed by atoms with Crippen LogP contribution < -0.4 is 10.2 Å². The Labute approximate surface area is 147 Å². The van der Waals surface area contributed by atoms with Crippen molar-refractivity contribution in [3.63, 3.8) is 0 Å². The molecule has 0 bridgehead atoms. The van der Waals surface area contributed by atoms with E-state index in [1.54, 1.807) is 4.90 Å². The number of nitrogens with one attached hydrogen (secondary N) is 1. The van der Waals surface area contributed by atoms with Crippen molar-refractivity contribution in [2.24, 2.45) is 0 Å². The third-order valence-corrected chi connectivity index (χ3v) is 4.34. The molecular formula is C20H22N2O3. The van der Waals surface area contributed by atoms with Gasteiger partial charge in [-0.2, -0.15) is 0 Å². The van der Waals surface area contributed by atoms with Gasteiger partial charge in [-0.15, -0.1) is 0 Å². The average molecular weight is 338 g/mol. The Morgan fingerprint density at radius 3 is 2.40 bits per heavy atom. The predicted molar refractivity (Wildman–Crippen MR) is 96.7 cm³/mol. The zero-order valence-corrected chi connectivity index (χ0v) is 14.3. The van der Waals surface area contributed by atoms with Crippen molar-refractivity contribution in [3.05, 3.63) is 65.7 Å². The topological polar surface area (TPSA) is 58.6 Å². The van der Waals surface area contributed by atoms with Crippen molar-refractivity contribution in [2.75, 3.05) is 24.6 Å². The van der Waals surface area contributed by atoms with E-state index in [2.05, 4.69) is 5.32 Å². The van der Waals surface area contributed by atoms with Crippen LogP contribution in [0.1, 0.15) is 30.4 Å². The Kier molecular flexibility index (Phi) is 5.33. The number of amides is 2. The monoisotopic (exact) mass is 338 g/mol. The minimum absolute atomic E-state index is 0.0679. The lowest BCUT2D eigenvalue weighted by Gasteiger charge is -2.19. The van der Waals surface area contributed by atoms with E-state index in [1.807, 2.05) is 61.5 Å². The lowest BCUT2D eigenvalue weighted by molar-refractivity contribution is -0.143. The number of ether oxygens (including phenoxy) is 1. The summed E-state index contributed by atoms with van der Waals surface area (Å²) in [5, 5.41) is 2.80. The molecule has 25 heavy (non-hydrogen) atoms. The number of benzene rings is 2. The summed E-state index contributed by atoms with van der Waals surface area (Å²) in [4.78, 5) is 25.5. The van der Waals surface area contributed by atoms with Crippen molar-refractivity contribution < 1.29 is 14.3 Å². The van der Waals surface area contributed by atoms with E-state index in [0.29, 0.717) is 26.1 Å². The highest BCUT2D eigenvalue weighted by molar-refractivity contribution is 5.94. The predicted octanol–water partition coefficient (Wildman–Crippen LogP) is 3.30. The molecule has 5 heteroatoms. The smallest absolute Gasteiger partial charge is 0.321 e. The molecule has 1 N–H and O–H groups in total. The maximum Gasteiger partial charge on any atom is 0.321 e. The summed E-state index contributed by atoms with van der Waals surface area (Å²) in [5.74, 6) is -0.277. The van der Waals surface area contributed by atoms with E-state index in [4.69, 9.17) is 4.74 Å². The molecule has 1 unspecified atom stereocenters. The average Bonchev–Trinajstić information content (AvgIpc) is 3.07. The van der Waals surface area contributed by atoms with E-state index in [0.717, 1.165) is 16.8 Å². The highest BCUT2D eigenvalue weighted by Gasteiger charge is 2.22. The second-order valence-corrected chi connectivity index (χ2v) is 5.95. The summed E-state index contributed by atoms with van der Waals surface area (Å²) < 4.78 is 5.13. The molecule has 0 aliphatic carbocycles. The Morgan fingerprint density at radius 2 is 1.80 bits per heavy atom. The van der Waals surface area contributed by atoms with Gasteiger partial charge in [0.1, 0.15) is 0 Å². The van der Waals surface area contributed by atoms with Gasteiger partial charge in [0.2, 0.25) is 0 Å². The number of rotatable bonds is 6. The van der Waals surface area contributed by atoms with Crippen LogP contribution in [0.3, 0.4) is 0 Å². The SMILES string of the molecule is CCOC(=O)CC(c1ccccc1)c1ccc(N2CCNC2=O)cc1. The maximum absolute atomic E-state index is 12.0.